The van der Waals surface area contributed by atoms with Crippen molar-refractivity contribution >= 4 is 0 Å². The van der Waals surface area contributed by atoms with E-state index in [0.29, 0.717) is 0 Å². The quantitative estimate of drug-likeness (QED) is 0.315. The fourth-order valence-electron chi connectivity index (χ4n) is 0.137. The van der Waals surface area contributed by atoms with Crippen molar-refractivity contribution in [2.24, 2.45) is 0 Å². The molecule has 0 aliphatic carbocycles. The maximum atomic E-state index is 8.17. The van der Waals surface area contributed by atoms with Gasteiger partial charge in [-0.05, 0) is 0 Å². The van der Waals surface area contributed by atoms with Crippen LogP contribution in [0.4, 0.5) is 0 Å². The predicted molar refractivity (Wildman–Crippen MR) is 25.5 cm³/mol. The lowest BCUT2D eigenvalue weighted by Gasteiger charge is -2.14. The summed E-state index contributed by atoms with van der Waals surface area (Å²) < 4.78 is 4.17. The lowest BCUT2D eigenvalue weighted by molar-refractivity contribution is -0.300. The molecule has 3 N–H and O–H groups in total. The number of aliphatic hydroxyl groups is 3. The smallest absolute Gasteiger partial charge is 0.337 e. The molecule has 48 valence electrons. The molecule has 0 aromatic carbocycles. The van der Waals surface area contributed by atoms with E-state index >= 15 is 0 Å². The molecule has 0 saturated heterocycles. The molecule has 0 unspecified atom stereocenters. The topological polar surface area (TPSA) is 69.9 Å². The highest BCUT2D eigenvalue weighted by Crippen LogP contribution is 2.05. The van der Waals surface area contributed by atoms with Crippen LogP contribution >= 0.6 is 0 Å². The molecule has 0 fully saturated rings. The average Bonchev–Trinajstić information content (AvgIpc) is 1.62. The second kappa shape index (κ2) is 2.13. The van der Waals surface area contributed by atoms with Gasteiger partial charge < -0.3 is 20.1 Å². The Kier molecular flexibility index (Phi) is 1.97. The number of hydrogen-bond acceptors (Lipinski definition) is 4. The number of hydrogen-bond donors (Lipinski definition) is 3. The number of methoxy groups -OCH3 is 1. The van der Waals surface area contributed by atoms with Crippen molar-refractivity contribution in [1.82, 2.24) is 0 Å². The summed E-state index contributed by atoms with van der Waals surface area (Å²) in [6.07, 6.45) is 0. The van der Waals surface area contributed by atoms with Gasteiger partial charge in [0, 0.05) is 0 Å². The van der Waals surface area contributed by atoms with Crippen molar-refractivity contribution in [2.45, 2.75) is 5.97 Å². The molecule has 0 heterocycles. The molecule has 0 rings (SSSR count). The van der Waals surface area contributed by atoms with E-state index in [2.05, 4.69) is 11.3 Å². The summed E-state index contributed by atoms with van der Waals surface area (Å²) in [5, 5.41) is 24.5. The molecule has 0 atom stereocenters. The summed E-state index contributed by atoms with van der Waals surface area (Å²) in [7, 11) is 1.17. The van der Waals surface area contributed by atoms with E-state index in [9.17, 15) is 0 Å². The largest absolute Gasteiger partial charge is 0.493 e. The Hall–Kier alpha value is -0.580. The number of ether oxygens (including phenoxy) is 1. The highest BCUT2D eigenvalue weighted by atomic mass is 16.7. The van der Waals surface area contributed by atoms with Gasteiger partial charge in [0.15, 0.2) is 5.76 Å². The van der Waals surface area contributed by atoms with Crippen LogP contribution in [0.3, 0.4) is 0 Å². The summed E-state index contributed by atoms with van der Waals surface area (Å²) >= 11 is 0. The van der Waals surface area contributed by atoms with E-state index in [4.69, 9.17) is 15.3 Å². The molecule has 0 radical (unpaired) electrons. The van der Waals surface area contributed by atoms with Crippen LogP contribution in [0.25, 0.3) is 0 Å². The van der Waals surface area contributed by atoms with Crippen LogP contribution in [0.2, 0.25) is 0 Å². The third-order valence-electron chi connectivity index (χ3n) is 0.621. The monoisotopic (exact) mass is 120 g/mol. The third-order valence-corrected chi connectivity index (χ3v) is 0.621. The van der Waals surface area contributed by atoms with Crippen molar-refractivity contribution in [1.29, 1.82) is 0 Å². The summed E-state index contributed by atoms with van der Waals surface area (Å²) in [6.45, 7) is 2.97. The van der Waals surface area contributed by atoms with Gasteiger partial charge in [-0.15, -0.1) is 0 Å². The minimum atomic E-state index is -2.91. The van der Waals surface area contributed by atoms with E-state index in [1.807, 2.05) is 0 Å². The van der Waals surface area contributed by atoms with Crippen molar-refractivity contribution in [3.63, 3.8) is 0 Å². The first kappa shape index (κ1) is 7.42. The molecular weight excluding hydrogens is 112 g/mol. The molecule has 0 aromatic rings. The van der Waals surface area contributed by atoms with Gasteiger partial charge >= 0.3 is 5.97 Å². The SMILES string of the molecule is C=C(OC)C(O)(O)O. The summed E-state index contributed by atoms with van der Waals surface area (Å²) in [5.41, 5.74) is 0. The van der Waals surface area contributed by atoms with E-state index < -0.39 is 11.7 Å². The second-order valence-electron chi connectivity index (χ2n) is 1.26. The minimum Gasteiger partial charge on any atom is -0.493 e. The Morgan fingerprint density at radius 1 is 1.50 bits per heavy atom. The summed E-state index contributed by atoms with van der Waals surface area (Å²) in [6, 6.07) is 0. The van der Waals surface area contributed by atoms with Gasteiger partial charge in [0.25, 0.3) is 0 Å². The van der Waals surface area contributed by atoms with Crippen molar-refractivity contribution < 1.29 is 20.1 Å². The standard InChI is InChI=1S/C4H8O4/c1-3(8-2)4(5,6)7/h5-7H,1H2,2H3. The fourth-order valence-corrected chi connectivity index (χ4v) is 0.137. The molecule has 0 aliphatic rings. The van der Waals surface area contributed by atoms with E-state index in [1.54, 1.807) is 0 Å². The molecule has 0 aromatic heterocycles. The first-order chi connectivity index (χ1) is 3.48. The zero-order valence-electron chi connectivity index (χ0n) is 4.46. The Morgan fingerprint density at radius 3 is 1.88 bits per heavy atom. The van der Waals surface area contributed by atoms with E-state index in [-0.39, 0.29) is 0 Å². The zero-order chi connectivity index (χ0) is 6.78. The lowest BCUT2D eigenvalue weighted by Crippen LogP contribution is -2.29. The Labute approximate surface area is 46.6 Å². The van der Waals surface area contributed by atoms with E-state index in [0.717, 1.165) is 0 Å². The van der Waals surface area contributed by atoms with Crippen LogP contribution in [0, 0.1) is 0 Å². The second-order valence-corrected chi connectivity index (χ2v) is 1.26. The van der Waals surface area contributed by atoms with E-state index in [1.165, 1.54) is 7.11 Å². The van der Waals surface area contributed by atoms with Crippen molar-refractivity contribution in [3.05, 3.63) is 12.3 Å². The van der Waals surface area contributed by atoms with Crippen LogP contribution in [0.15, 0.2) is 12.3 Å². The highest BCUT2D eigenvalue weighted by molar-refractivity contribution is 4.89. The average molecular weight is 120 g/mol. The predicted octanol–water partition coefficient (Wildman–Crippen LogP) is -1.22. The molecule has 8 heavy (non-hydrogen) atoms. The lowest BCUT2D eigenvalue weighted by atomic mass is 10.5. The van der Waals surface area contributed by atoms with Gasteiger partial charge in [-0.1, -0.05) is 6.58 Å². The molecular formula is C4H8O4. The minimum absolute atomic E-state index is 0.502. The van der Waals surface area contributed by atoms with Crippen LogP contribution in [0.5, 0.6) is 0 Å². The van der Waals surface area contributed by atoms with Crippen molar-refractivity contribution in [2.75, 3.05) is 7.11 Å². The van der Waals surface area contributed by atoms with Crippen molar-refractivity contribution in [3.8, 4) is 0 Å². The van der Waals surface area contributed by atoms with Crippen LogP contribution in [-0.4, -0.2) is 28.4 Å². The van der Waals surface area contributed by atoms with Crippen LogP contribution in [-0.2, 0) is 4.74 Å². The van der Waals surface area contributed by atoms with Gasteiger partial charge in [0.1, 0.15) is 0 Å². The van der Waals surface area contributed by atoms with Gasteiger partial charge in [-0.3, -0.25) is 0 Å². The Balaban J connectivity index is 3.82. The van der Waals surface area contributed by atoms with Gasteiger partial charge in [0.2, 0.25) is 0 Å². The molecule has 0 spiro atoms. The Bertz CT molecular complexity index is 90.7. The van der Waals surface area contributed by atoms with Crippen LogP contribution < -0.4 is 0 Å². The summed E-state index contributed by atoms with van der Waals surface area (Å²) in [4.78, 5) is 0. The molecule has 0 aliphatic heterocycles. The number of rotatable bonds is 2. The molecule has 4 nitrogen and oxygen atoms in total. The first-order valence-corrected chi connectivity index (χ1v) is 1.89. The maximum Gasteiger partial charge on any atom is 0.337 e. The molecule has 0 amide bonds. The normalized spacial score (nSPS) is 11.0. The van der Waals surface area contributed by atoms with Crippen LogP contribution in [0.1, 0.15) is 0 Å². The Morgan fingerprint density at radius 2 is 1.88 bits per heavy atom. The summed E-state index contributed by atoms with van der Waals surface area (Å²) in [5.74, 6) is -3.41. The molecule has 4 heteroatoms. The van der Waals surface area contributed by atoms with Gasteiger partial charge in [0.05, 0.1) is 7.11 Å². The third kappa shape index (κ3) is 1.92. The maximum absolute atomic E-state index is 8.17. The zero-order valence-corrected chi connectivity index (χ0v) is 4.46. The molecule has 0 saturated carbocycles. The molecule has 0 bridgehead atoms. The van der Waals surface area contributed by atoms with Gasteiger partial charge in [-0.25, -0.2) is 0 Å². The van der Waals surface area contributed by atoms with Gasteiger partial charge in [-0.2, -0.15) is 0 Å². The first-order valence-electron chi connectivity index (χ1n) is 1.89. The highest BCUT2D eigenvalue weighted by Gasteiger charge is 2.23. The fraction of sp³-hybridized carbons (Fsp3) is 0.500.